The van der Waals surface area contributed by atoms with Crippen molar-refractivity contribution in [3.05, 3.63) is 88.5 Å². The molecule has 6 heteroatoms. The number of hydrogen-bond acceptors (Lipinski definition) is 3. The molecule has 0 aliphatic rings. The molecule has 3 rings (SSSR count). The van der Waals surface area contributed by atoms with E-state index < -0.39 is 0 Å². The first-order valence-electron chi connectivity index (χ1n) is 8.03. The number of carbonyl (C=O) groups is 1. The predicted molar refractivity (Wildman–Crippen MR) is 101 cm³/mol. The van der Waals surface area contributed by atoms with Gasteiger partial charge < -0.3 is 10.6 Å². The second kappa shape index (κ2) is 7.97. The van der Waals surface area contributed by atoms with Crippen LogP contribution in [-0.2, 0) is 6.54 Å². The topological polar surface area (TPSA) is 54.0 Å². The Kier molecular flexibility index (Phi) is 5.49. The Morgan fingerprint density at radius 1 is 1.08 bits per heavy atom. The summed E-state index contributed by atoms with van der Waals surface area (Å²) in [5.74, 6) is -0.614. The van der Waals surface area contributed by atoms with Crippen LogP contribution in [0, 0.1) is 12.7 Å². The van der Waals surface area contributed by atoms with Gasteiger partial charge in [-0.1, -0.05) is 29.8 Å². The maximum atomic E-state index is 12.9. The molecule has 3 aromatic rings. The molecule has 0 spiro atoms. The quantitative estimate of drug-likeness (QED) is 0.675. The summed E-state index contributed by atoms with van der Waals surface area (Å²) in [7, 11) is 0. The van der Waals surface area contributed by atoms with Crippen molar-refractivity contribution in [2.24, 2.45) is 0 Å². The highest BCUT2D eigenvalue weighted by Gasteiger charge is 2.08. The van der Waals surface area contributed by atoms with Gasteiger partial charge in [0.15, 0.2) is 0 Å². The van der Waals surface area contributed by atoms with Crippen molar-refractivity contribution < 1.29 is 9.18 Å². The zero-order chi connectivity index (χ0) is 18.5. The van der Waals surface area contributed by atoms with Gasteiger partial charge in [0.25, 0.3) is 5.91 Å². The first-order valence-corrected chi connectivity index (χ1v) is 8.41. The molecule has 0 aliphatic carbocycles. The summed E-state index contributed by atoms with van der Waals surface area (Å²) in [6, 6.07) is 15.1. The highest BCUT2D eigenvalue weighted by molar-refractivity contribution is 6.31. The van der Waals surface area contributed by atoms with Gasteiger partial charge in [0, 0.05) is 29.1 Å². The molecule has 0 bridgehead atoms. The molecule has 2 aromatic carbocycles. The fourth-order valence-electron chi connectivity index (χ4n) is 2.34. The molecule has 2 N–H and O–H groups in total. The van der Waals surface area contributed by atoms with E-state index in [0.717, 1.165) is 22.5 Å². The fraction of sp³-hybridized carbons (Fsp3) is 0.100. The van der Waals surface area contributed by atoms with Gasteiger partial charge in [0.05, 0.1) is 0 Å². The number of pyridine rings is 1. The van der Waals surface area contributed by atoms with Crippen LogP contribution in [0.2, 0.25) is 5.02 Å². The van der Waals surface area contributed by atoms with Crippen LogP contribution >= 0.6 is 11.6 Å². The number of halogens is 2. The molecule has 132 valence electrons. The standard InChI is InChI=1S/C20H17ClFN3O/c1-13-2-7-16(10-18(13)21)25-17-8-9-23-19(11-17)20(26)24-12-14-3-5-15(22)6-4-14/h2-11H,12H2,1H3,(H,23,25)(H,24,26). The summed E-state index contributed by atoms with van der Waals surface area (Å²) >= 11 is 6.13. The van der Waals surface area contributed by atoms with E-state index in [1.807, 2.05) is 25.1 Å². The Hall–Kier alpha value is -2.92. The van der Waals surface area contributed by atoms with Gasteiger partial charge in [-0.3, -0.25) is 9.78 Å². The Morgan fingerprint density at radius 2 is 1.81 bits per heavy atom. The summed E-state index contributed by atoms with van der Waals surface area (Å²) in [6.45, 7) is 2.23. The van der Waals surface area contributed by atoms with Crippen molar-refractivity contribution in [1.82, 2.24) is 10.3 Å². The lowest BCUT2D eigenvalue weighted by atomic mass is 10.2. The number of amides is 1. The van der Waals surface area contributed by atoms with Crippen LogP contribution < -0.4 is 10.6 Å². The second-order valence-corrected chi connectivity index (χ2v) is 6.24. The second-order valence-electron chi connectivity index (χ2n) is 5.83. The zero-order valence-corrected chi connectivity index (χ0v) is 14.8. The van der Waals surface area contributed by atoms with E-state index in [-0.39, 0.29) is 17.4 Å². The molecule has 0 fully saturated rings. The Labute approximate surface area is 156 Å². The van der Waals surface area contributed by atoms with Crippen LogP contribution in [0.3, 0.4) is 0 Å². The van der Waals surface area contributed by atoms with E-state index in [2.05, 4.69) is 15.6 Å². The molecule has 1 amide bonds. The van der Waals surface area contributed by atoms with Gasteiger partial charge in [0.2, 0.25) is 0 Å². The van der Waals surface area contributed by atoms with Crippen molar-refractivity contribution in [3.63, 3.8) is 0 Å². The minimum atomic E-state index is -0.309. The minimum Gasteiger partial charge on any atom is -0.355 e. The van der Waals surface area contributed by atoms with Crippen molar-refractivity contribution in [2.45, 2.75) is 13.5 Å². The van der Waals surface area contributed by atoms with Crippen molar-refractivity contribution in [3.8, 4) is 0 Å². The highest BCUT2D eigenvalue weighted by Crippen LogP contribution is 2.23. The third-order valence-corrected chi connectivity index (χ3v) is 4.23. The number of benzene rings is 2. The number of nitrogens with zero attached hydrogens (tertiary/aromatic N) is 1. The van der Waals surface area contributed by atoms with Crippen LogP contribution in [0.4, 0.5) is 15.8 Å². The summed E-state index contributed by atoms with van der Waals surface area (Å²) in [5.41, 5.74) is 3.64. The maximum absolute atomic E-state index is 12.9. The third kappa shape index (κ3) is 4.58. The molecule has 0 unspecified atom stereocenters. The normalized spacial score (nSPS) is 10.4. The smallest absolute Gasteiger partial charge is 0.270 e. The van der Waals surface area contributed by atoms with Gasteiger partial charge >= 0.3 is 0 Å². The molecule has 0 atom stereocenters. The first-order chi connectivity index (χ1) is 12.5. The lowest BCUT2D eigenvalue weighted by Gasteiger charge is -2.10. The number of carbonyl (C=O) groups excluding carboxylic acids is 1. The van der Waals surface area contributed by atoms with Gasteiger partial charge in [-0.15, -0.1) is 0 Å². The number of hydrogen-bond donors (Lipinski definition) is 2. The number of aryl methyl sites for hydroxylation is 1. The Morgan fingerprint density at radius 3 is 2.54 bits per heavy atom. The largest absolute Gasteiger partial charge is 0.355 e. The zero-order valence-electron chi connectivity index (χ0n) is 14.1. The number of nitrogens with one attached hydrogen (secondary N) is 2. The fourth-order valence-corrected chi connectivity index (χ4v) is 2.53. The monoisotopic (exact) mass is 369 g/mol. The lowest BCUT2D eigenvalue weighted by Crippen LogP contribution is -2.23. The molecule has 26 heavy (non-hydrogen) atoms. The van der Waals surface area contributed by atoms with Crippen molar-refractivity contribution in [1.29, 1.82) is 0 Å². The van der Waals surface area contributed by atoms with E-state index in [1.54, 1.807) is 30.5 Å². The number of rotatable bonds is 5. The summed E-state index contributed by atoms with van der Waals surface area (Å²) < 4.78 is 12.9. The summed E-state index contributed by atoms with van der Waals surface area (Å²) in [5, 5.41) is 6.64. The van der Waals surface area contributed by atoms with Crippen LogP contribution in [0.25, 0.3) is 0 Å². The lowest BCUT2D eigenvalue weighted by molar-refractivity contribution is 0.0946. The predicted octanol–water partition coefficient (Wildman–Crippen LogP) is 4.86. The molecule has 0 radical (unpaired) electrons. The van der Waals surface area contributed by atoms with Crippen molar-refractivity contribution in [2.75, 3.05) is 5.32 Å². The third-order valence-electron chi connectivity index (χ3n) is 3.82. The number of aromatic nitrogens is 1. The molecule has 4 nitrogen and oxygen atoms in total. The number of anilines is 2. The van der Waals surface area contributed by atoms with E-state index in [1.165, 1.54) is 12.1 Å². The molecule has 0 aliphatic heterocycles. The van der Waals surface area contributed by atoms with Crippen molar-refractivity contribution >= 4 is 28.9 Å². The highest BCUT2D eigenvalue weighted by atomic mass is 35.5. The molecule has 1 aromatic heterocycles. The van der Waals surface area contributed by atoms with E-state index in [9.17, 15) is 9.18 Å². The van der Waals surface area contributed by atoms with Crippen LogP contribution in [0.1, 0.15) is 21.6 Å². The molecular weight excluding hydrogens is 353 g/mol. The van der Waals surface area contributed by atoms with E-state index in [0.29, 0.717) is 11.6 Å². The Balaban J connectivity index is 1.66. The van der Waals surface area contributed by atoms with Gasteiger partial charge in [0.1, 0.15) is 11.5 Å². The molecule has 0 saturated carbocycles. The minimum absolute atomic E-state index is 0.287. The van der Waals surface area contributed by atoms with Gasteiger partial charge in [-0.25, -0.2) is 4.39 Å². The molecule has 0 saturated heterocycles. The van der Waals surface area contributed by atoms with Gasteiger partial charge in [-0.2, -0.15) is 0 Å². The van der Waals surface area contributed by atoms with Crippen LogP contribution in [0.5, 0.6) is 0 Å². The first kappa shape index (κ1) is 17.9. The Bertz CT molecular complexity index is 929. The summed E-state index contributed by atoms with van der Waals surface area (Å²) in [6.07, 6.45) is 1.56. The van der Waals surface area contributed by atoms with Gasteiger partial charge in [-0.05, 0) is 54.4 Å². The van der Waals surface area contributed by atoms with E-state index in [4.69, 9.17) is 11.6 Å². The molecule has 1 heterocycles. The average Bonchev–Trinajstić information content (AvgIpc) is 2.64. The van der Waals surface area contributed by atoms with Crippen LogP contribution in [0.15, 0.2) is 60.8 Å². The summed E-state index contributed by atoms with van der Waals surface area (Å²) in [4.78, 5) is 16.4. The van der Waals surface area contributed by atoms with E-state index >= 15 is 0 Å². The maximum Gasteiger partial charge on any atom is 0.270 e. The SMILES string of the molecule is Cc1ccc(Nc2ccnc(C(=O)NCc3ccc(F)cc3)c2)cc1Cl. The van der Waals surface area contributed by atoms with Crippen LogP contribution in [-0.4, -0.2) is 10.9 Å². The average molecular weight is 370 g/mol. The molecular formula is C20H17ClFN3O.